The molecule has 3 rings (SSSR count). The van der Waals surface area contributed by atoms with E-state index in [1.807, 2.05) is 19.1 Å². The minimum Gasteiger partial charge on any atom is -0.285 e. The number of hydrogen-bond acceptors (Lipinski definition) is 6. The molecular formula is C13H11N5O. The summed E-state index contributed by atoms with van der Waals surface area (Å²) in [5.74, 6) is 1.10. The van der Waals surface area contributed by atoms with Crippen molar-refractivity contribution in [3.63, 3.8) is 0 Å². The molecule has 0 spiro atoms. The average molecular weight is 253 g/mol. The highest BCUT2D eigenvalue weighted by Gasteiger charge is 2.13. The molecule has 6 heteroatoms. The van der Waals surface area contributed by atoms with Crippen molar-refractivity contribution in [2.24, 2.45) is 15.2 Å². The number of rotatable bonds is 1. The van der Waals surface area contributed by atoms with E-state index in [2.05, 4.69) is 20.2 Å². The highest BCUT2D eigenvalue weighted by Crippen LogP contribution is 2.21. The number of azo groups is 1. The summed E-state index contributed by atoms with van der Waals surface area (Å²) in [7, 11) is 0. The van der Waals surface area contributed by atoms with E-state index in [4.69, 9.17) is 0 Å². The molecule has 0 bridgehead atoms. The highest BCUT2D eigenvalue weighted by molar-refractivity contribution is 6.00. The van der Waals surface area contributed by atoms with Crippen LogP contribution in [0.2, 0.25) is 0 Å². The fourth-order valence-electron chi connectivity index (χ4n) is 1.74. The normalized spacial score (nSPS) is 17.4. The van der Waals surface area contributed by atoms with Crippen LogP contribution >= 0.6 is 0 Å². The summed E-state index contributed by atoms with van der Waals surface area (Å²) in [6.45, 7) is 1.91. The Kier molecular flexibility index (Phi) is 2.77. The minimum atomic E-state index is 0.532. The molecular weight excluding hydrogens is 242 g/mol. The fraction of sp³-hybridized carbons (Fsp3) is 0.0769. The molecule has 94 valence electrons. The van der Waals surface area contributed by atoms with Gasteiger partial charge in [0.05, 0.1) is 0 Å². The Bertz CT molecular complexity index is 653. The van der Waals surface area contributed by atoms with E-state index in [9.17, 15) is 5.21 Å². The van der Waals surface area contributed by atoms with Gasteiger partial charge in [-0.25, -0.2) is 10.1 Å². The van der Waals surface area contributed by atoms with E-state index in [1.54, 1.807) is 18.3 Å². The summed E-state index contributed by atoms with van der Waals surface area (Å²) in [4.78, 5) is 8.51. The van der Waals surface area contributed by atoms with Crippen molar-refractivity contribution >= 4 is 5.84 Å². The zero-order valence-corrected chi connectivity index (χ0v) is 10.2. The van der Waals surface area contributed by atoms with Crippen molar-refractivity contribution in [2.45, 2.75) is 6.92 Å². The average Bonchev–Trinajstić information content (AvgIpc) is 2.89. The molecule has 0 fully saturated rings. The number of hydrogen-bond donors (Lipinski definition) is 1. The zero-order chi connectivity index (χ0) is 13.2. The molecule has 1 N–H and O–H groups in total. The van der Waals surface area contributed by atoms with E-state index in [0.29, 0.717) is 11.7 Å². The molecule has 1 aromatic heterocycles. The van der Waals surface area contributed by atoms with Gasteiger partial charge in [-0.2, -0.15) is 0 Å². The predicted molar refractivity (Wildman–Crippen MR) is 69.3 cm³/mol. The topological polar surface area (TPSA) is 73.4 Å². The van der Waals surface area contributed by atoms with E-state index in [1.165, 1.54) is 12.4 Å². The molecule has 0 aliphatic carbocycles. The Balaban J connectivity index is 1.95. The fourth-order valence-corrected chi connectivity index (χ4v) is 1.74. The maximum atomic E-state index is 9.17. The summed E-state index contributed by atoms with van der Waals surface area (Å²) < 4.78 is 0. The molecule has 2 aliphatic heterocycles. The first-order chi connectivity index (χ1) is 9.22. The third kappa shape index (κ3) is 2.34. The number of amidine groups is 1. The van der Waals surface area contributed by atoms with Crippen LogP contribution in [0.5, 0.6) is 0 Å². The van der Waals surface area contributed by atoms with E-state index < -0.39 is 0 Å². The van der Waals surface area contributed by atoms with Crippen molar-refractivity contribution in [1.29, 1.82) is 0 Å². The maximum absolute atomic E-state index is 9.17. The van der Waals surface area contributed by atoms with Crippen LogP contribution in [-0.4, -0.2) is 21.1 Å². The van der Waals surface area contributed by atoms with Gasteiger partial charge < -0.3 is 0 Å². The number of aliphatic imine (C=N–C) groups is 1. The number of nitrogens with zero attached hydrogens (tertiary/aromatic N) is 5. The molecule has 6 nitrogen and oxygen atoms in total. The maximum Gasteiger partial charge on any atom is 0.184 e. The van der Waals surface area contributed by atoms with E-state index in [0.717, 1.165) is 21.9 Å². The Labute approximate surface area is 109 Å². The third-order valence-electron chi connectivity index (χ3n) is 2.68. The van der Waals surface area contributed by atoms with Crippen molar-refractivity contribution in [1.82, 2.24) is 10.0 Å². The summed E-state index contributed by atoms with van der Waals surface area (Å²) in [6, 6.07) is 3.76. The summed E-state index contributed by atoms with van der Waals surface area (Å²) >= 11 is 0. The predicted octanol–water partition coefficient (Wildman–Crippen LogP) is 2.55. The standard InChI is InChI=1S/C13H11N5O/c1-9-8-11(2-5-14-9)13-15-12(16-17-13)10-3-6-18(19)7-4-10/h2-8,19H,1H3. The lowest BCUT2D eigenvalue weighted by molar-refractivity contribution is 0.0105. The molecule has 0 amide bonds. The van der Waals surface area contributed by atoms with Crippen LogP contribution in [0.1, 0.15) is 11.3 Å². The molecule has 3 heterocycles. The number of allylic oxidation sites excluding steroid dienone is 3. The van der Waals surface area contributed by atoms with E-state index in [-0.39, 0.29) is 0 Å². The van der Waals surface area contributed by atoms with Gasteiger partial charge in [-0.05, 0) is 31.2 Å². The lowest BCUT2D eigenvalue weighted by Crippen LogP contribution is -2.04. The highest BCUT2D eigenvalue weighted by atomic mass is 16.5. The van der Waals surface area contributed by atoms with Crippen molar-refractivity contribution < 1.29 is 5.21 Å². The monoisotopic (exact) mass is 253 g/mol. The lowest BCUT2D eigenvalue weighted by atomic mass is 10.2. The molecule has 0 saturated heterocycles. The second kappa shape index (κ2) is 4.58. The quantitative estimate of drug-likeness (QED) is 0.835. The van der Waals surface area contributed by atoms with Gasteiger partial charge in [0, 0.05) is 35.4 Å². The Morgan fingerprint density at radius 3 is 2.68 bits per heavy atom. The van der Waals surface area contributed by atoms with Crippen molar-refractivity contribution in [3.8, 4) is 0 Å². The Hall–Kier alpha value is -2.60. The lowest BCUT2D eigenvalue weighted by Gasteiger charge is -2.09. The molecule has 2 aliphatic rings. The van der Waals surface area contributed by atoms with Gasteiger partial charge in [0.1, 0.15) is 0 Å². The minimum absolute atomic E-state index is 0.532. The summed E-state index contributed by atoms with van der Waals surface area (Å²) in [6.07, 6.45) is 8.19. The molecule has 0 unspecified atom stereocenters. The first-order valence-corrected chi connectivity index (χ1v) is 5.74. The van der Waals surface area contributed by atoms with Gasteiger partial charge in [-0.1, -0.05) is 0 Å². The van der Waals surface area contributed by atoms with Crippen LogP contribution in [0.4, 0.5) is 0 Å². The number of aryl methyl sites for hydroxylation is 1. The summed E-state index contributed by atoms with van der Waals surface area (Å²) in [5.41, 5.74) is 2.60. The largest absolute Gasteiger partial charge is 0.285 e. The smallest absolute Gasteiger partial charge is 0.184 e. The number of pyridine rings is 1. The first-order valence-electron chi connectivity index (χ1n) is 5.74. The Morgan fingerprint density at radius 1 is 1.16 bits per heavy atom. The van der Waals surface area contributed by atoms with Gasteiger partial charge in [0.25, 0.3) is 0 Å². The number of aromatic nitrogens is 1. The summed E-state index contributed by atoms with van der Waals surface area (Å²) in [5, 5.41) is 18.3. The van der Waals surface area contributed by atoms with Crippen molar-refractivity contribution in [3.05, 3.63) is 65.5 Å². The zero-order valence-electron chi connectivity index (χ0n) is 10.2. The SMILES string of the molecule is Cc1cc(C2=NC(=C3C=CN(O)C=C3)N=N2)ccn1. The molecule has 0 radical (unpaired) electrons. The van der Waals surface area contributed by atoms with Crippen LogP contribution in [0.3, 0.4) is 0 Å². The Morgan fingerprint density at radius 2 is 1.95 bits per heavy atom. The first kappa shape index (κ1) is 11.5. The molecule has 0 atom stereocenters. The van der Waals surface area contributed by atoms with Crippen LogP contribution in [0, 0.1) is 6.92 Å². The van der Waals surface area contributed by atoms with Gasteiger partial charge >= 0.3 is 0 Å². The second-order valence-corrected chi connectivity index (χ2v) is 4.11. The third-order valence-corrected chi connectivity index (χ3v) is 2.68. The second-order valence-electron chi connectivity index (χ2n) is 4.11. The van der Waals surface area contributed by atoms with E-state index >= 15 is 0 Å². The van der Waals surface area contributed by atoms with Crippen LogP contribution < -0.4 is 0 Å². The van der Waals surface area contributed by atoms with Crippen molar-refractivity contribution in [2.75, 3.05) is 0 Å². The van der Waals surface area contributed by atoms with Gasteiger partial charge in [-0.3, -0.25) is 10.2 Å². The molecule has 0 saturated carbocycles. The van der Waals surface area contributed by atoms with Crippen LogP contribution in [0.15, 0.2) is 69.5 Å². The molecule has 0 aromatic carbocycles. The van der Waals surface area contributed by atoms with Gasteiger partial charge in [0.2, 0.25) is 0 Å². The van der Waals surface area contributed by atoms with Crippen LogP contribution in [0.25, 0.3) is 0 Å². The van der Waals surface area contributed by atoms with Gasteiger partial charge in [0.15, 0.2) is 11.7 Å². The van der Waals surface area contributed by atoms with Gasteiger partial charge in [-0.15, -0.1) is 10.2 Å². The molecule has 19 heavy (non-hydrogen) atoms. The van der Waals surface area contributed by atoms with Crippen LogP contribution in [-0.2, 0) is 0 Å². The molecule has 1 aromatic rings. The number of hydroxylamine groups is 2.